The van der Waals surface area contributed by atoms with E-state index in [1.54, 1.807) is 6.92 Å². The smallest absolute Gasteiger partial charge is 0.349 e. The van der Waals surface area contributed by atoms with Gasteiger partial charge in [0, 0.05) is 0 Å². The second kappa shape index (κ2) is 4.57. The number of nitro groups is 1. The van der Waals surface area contributed by atoms with E-state index in [2.05, 4.69) is 15.9 Å². The summed E-state index contributed by atoms with van der Waals surface area (Å²) in [5, 5.41) is 10.4. The fraction of sp³-hybridized carbons (Fsp3) is 0.250. The Morgan fingerprint density at radius 3 is 3.00 bits per heavy atom. The Balaban J connectivity index is 3.08. The van der Waals surface area contributed by atoms with Crippen molar-refractivity contribution in [2.75, 3.05) is 0 Å². The summed E-state index contributed by atoms with van der Waals surface area (Å²) >= 11 is 5.47. The van der Waals surface area contributed by atoms with E-state index in [0.717, 1.165) is 6.20 Å². The molecule has 1 atom stereocenters. The van der Waals surface area contributed by atoms with E-state index in [1.807, 2.05) is 0 Å². The molecule has 1 rings (SSSR count). The molecule has 0 bridgehead atoms. The third-order valence-electron chi connectivity index (χ3n) is 1.43. The predicted octanol–water partition coefficient (Wildman–Crippen LogP) is 1.44. The molecule has 0 N–H and O–H groups in total. The first-order valence-corrected chi connectivity index (χ1v) is 4.22. The molecule has 0 saturated carbocycles. The van der Waals surface area contributed by atoms with Gasteiger partial charge in [-0.15, -0.1) is 6.42 Å². The van der Waals surface area contributed by atoms with Gasteiger partial charge >= 0.3 is 5.69 Å². The lowest BCUT2D eigenvalue weighted by Gasteiger charge is -2.07. The molecule has 0 fully saturated rings. The molecule has 0 aliphatic carbocycles. The first-order chi connectivity index (χ1) is 7.04. The van der Waals surface area contributed by atoms with Gasteiger partial charge in [-0.05, 0) is 18.5 Å². The Morgan fingerprint density at radius 2 is 2.47 bits per heavy atom. The van der Waals surface area contributed by atoms with Crippen molar-refractivity contribution in [3.05, 3.63) is 21.6 Å². The summed E-state index contributed by atoms with van der Waals surface area (Å²) in [5.41, 5.74) is -0.374. The van der Waals surface area contributed by atoms with Crippen LogP contribution >= 0.6 is 11.6 Å². The highest BCUT2D eigenvalue weighted by atomic mass is 35.5. The predicted molar refractivity (Wildman–Crippen MR) is 52.6 cm³/mol. The van der Waals surface area contributed by atoms with Gasteiger partial charge in [-0.25, -0.2) is 4.98 Å². The van der Waals surface area contributed by atoms with Crippen molar-refractivity contribution < 1.29 is 9.66 Å². The maximum Gasteiger partial charge on any atom is 0.349 e. The van der Waals surface area contributed by atoms with Crippen LogP contribution in [0.15, 0.2) is 6.20 Å². The van der Waals surface area contributed by atoms with E-state index in [0.29, 0.717) is 0 Å². The van der Waals surface area contributed by atoms with Crippen LogP contribution in [0.5, 0.6) is 5.88 Å². The molecule has 78 valence electrons. The van der Waals surface area contributed by atoms with Crippen LogP contribution in [-0.2, 0) is 0 Å². The molecule has 0 aliphatic heterocycles. The van der Waals surface area contributed by atoms with Gasteiger partial charge in [0.15, 0.2) is 6.10 Å². The molecule has 1 aromatic heterocycles. The minimum atomic E-state index is -0.672. The highest BCUT2D eigenvalue weighted by Gasteiger charge is 2.19. The highest BCUT2D eigenvalue weighted by Crippen LogP contribution is 2.25. The quantitative estimate of drug-likeness (QED) is 0.338. The van der Waals surface area contributed by atoms with Crippen LogP contribution in [0.3, 0.4) is 0 Å². The molecule has 1 heterocycles. The zero-order valence-electron chi connectivity index (χ0n) is 7.68. The Bertz CT molecular complexity index is 430. The summed E-state index contributed by atoms with van der Waals surface area (Å²) in [5.74, 6) is 2.02. The molecule has 15 heavy (non-hydrogen) atoms. The number of rotatable bonds is 3. The minimum Gasteiger partial charge on any atom is -0.456 e. The van der Waals surface area contributed by atoms with E-state index in [9.17, 15) is 10.1 Å². The number of hydrogen-bond donors (Lipinski definition) is 0. The van der Waals surface area contributed by atoms with Crippen molar-refractivity contribution in [1.82, 2.24) is 9.97 Å². The van der Waals surface area contributed by atoms with E-state index < -0.39 is 11.0 Å². The molecule has 1 aromatic rings. The van der Waals surface area contributed by atoms with E-state index in [-0.39, 0.29) is 16.9 Å². The average Bonchev–Trinajstić information content (AvgIpc) is 2.17. The Kier molecular flexibility index (Phi) is 3.42. The SMILES string of the molecule is C#CC(C)Oc1nc(Cl)ncc1[N+](=O)[O-]. The van der Waals surface area contributed by atoms with Gasteiger partial charge in [0.25, 0.3) is 5.88 Å². The summed E-state index contributed by atoms with van der Waals surface area (Å²) in [4.78, 5) is 16.9. The topological polar surface area (TPSA) is 78.2 Å². The average molecular weight is 228 g/mol. The third-order valence-corrected chi connectivity index (χ3v) is 1.61. The van der Waals surface area contributed by atoms with Gasteiger partial charge in [-0.1, -0.05) is 5.92 Å². The molecule has 0 saturated heterocycles. The van der Waals surface area contributed by atoms with Gasteiger partial charge in [0.1, 0.15) is 6.20 Å². The molecule has 0 radical (unpaired) electrons. The number of nitrogens with zero attached hydrogens (tertiary/aromatic N) is 3. The number of terminal acetylenes is 1. The van der Waals surface area contributed by atoms with Crippen molar-refractivity contribution in [3.63, 3.8) is 0 Å². The molecule has 0 aliphatic rings. The van der Waals surface area contributed by atoms with Crippen LogP contribution in [-0.4, -0.2) is 21.0 Å². The van der Waals surface area contributed by atoms with Crippen molar-refractivity contribution >= 4 is 17.3 Å². The maximum absolute atomic E-state index is 10.6. The standard InChI is InChI=1S/C8H6ClN3O3/c1-3-5(2)15-7-6(12(13)14)4-10-8(9)11-7/h1,4-5H,2H3. The van der Waals surface area contributed by atoms with Crippen LogP contribution < -0.4 is 4.74 Å². The molecule has 7 heteroatoms. The van der Waals surface area contributed by atoms with Crippen molar-refractivity contribution in [2.24, 2.45) is 0 Å². The van der Waals surface area contributed by atoms with E-state index in [1.165, 1.54) is 0 Å². The number of halogens is 1. The van der Waals surface area contributed by atoms with Gasteiger partial charge < -0.3 is 4.74 Å². The zero-order valence-corrected chi connectivity index (χ0v) is 8.43. The normalized spacial score (nSPS) is 11.5. The van der Waals surface area contributed by atoms with Gasteiger partial charge in [0.2, 0.25) is 5.28 Å². The second-order valence-corrected chi connectivity index (χ2v) is 2.85. The van der Waals surface area contributed by atoms with Crippen molar-refractivity contribution in [3.8, 4) is 18.2 Å². The minimum absolute atomic E-state index is 0.139. The van der Waals surface area contributed by atoms with Crippen LogP contribution in [0.1, 0.15) is 6.92 Å². The molecule has 1 unspecified atom stereocenters. The summed E-state index contributed by atoms with van der Waals surface area (Å²) in [7, 11) is 0. The lowest BCUT2D eigenvalue weighted by Crippen LogP contribution is -2.11. The van der Waals surface area contributed by atoms with Crippen LogP contribution in [0.2, 0.25) is 5.28 Å². The van der Waals surface area contributed by atoms with Crippen LogP contribution in [0, 0.1) is 22.5 Å². The van der Waals surface area contributed by atoms with Crippen molar-refractivity contribution in [1.29, 1.82) is 0 Å². The zero-order chi connectivity index (χ0) is 11.4. The molecule has 6 nitrogen and oxygen atoms in total. The molecular formula is C8H6ClN3O3. The lowest BCUT2D eigenvalue weighted by molar-refractivity contribution is -0.386. The lowest BCUT2D eigenvalue weighted by atomic mass is 10.4. The first kappa shape index (κ1) is 11.2. The number of ether oxygens (including phenoxy) is 1. The summed E-state index contributed by atoms with van der Waals surface area (Å²) in [6.45, 7) is 1.56. The molecule has 0 spiro atoms. The fourth-order valence-corrected chi connectivity index (χ4v) is 0.879. The van der Waals surface area contributed by atoms with Gasteiger partial charge in [0.05, 0.1) is 4.92 Å². The summed E-state index contributed by atoms with van der Waals surface area (Å²) < 4.78 is 5.02. The monoisotopic (exact) mass is 227 g/mol. The van der Waals surface area contributed by atoms with Gasteiger partial charge in [-0.2, -0.15) is 4.98 Å². The molecule has 0 amide bonds. The van der Waals surface area contributed by atoms with Crippen molar-refractivity contribution in [2.45, 2.75) is 13.0 Å². The fourth-order valence-electron chi connectivity index (χ4n) is 0.753. The van der Waals surface area contributed by atoms with E-state index >= 15 is 0 Å². The third kappa shape index (κ3) is 2.79. The first-order valence-electron chi connectivity index (χ1n) is 3.84. The largest absolute Gasteiger partial charge is 0.456 e. The summed E-state index contributed by atoms with van der Waals surface area (Å²) in [6, 6.07) is 0. The number of aromatic nitrogens is 2. The number of hydrogen-bond acceptors (Lipinski definition) is 5. The molecular weight excluding hydrogens is 222 g/mol. The highest BCUT2D eigenvalue weighted by molar-refractivity contribution is 6.28. The van der Waals surface area contributed by atoms with Crippen LogP contribution in [0.4, 0.5) is 5.69 Å². The molecule has 0 aromatic carbocycles. The second-order valence-electron chi connectivity index (χ2n) is 2.51. The Hall–Kier alpha value is -1.87. The maximum atomic E-state index is 10.6. The Morgan fingerprint density at radius 1 is 1.80 bits per heavy atom. The summed E-state index contributed by atoms with van der Waals surface area (Å²) in [6.07, 6.45) is 5.40. The van der Waals surface area contributed by atoms with Gasteiger partial charge in [-0.3, -0.25) is 10.1 Å². The Labute approximate surface area is 90.4 Å². The van der Waals surface area contributed by atoms with E-state index in [4.69, 9.17) is 22.8 Å². The van der Waals surface area contributed by atoms with Crippen LogP contribution in [0.25, 0.3) is 0 Å².